The highest BCUT2D eigenvalue weighted by Crippen LogP contribution is 2.12. The second-order valence-corrected chi connectivity index (χ2v) is 8.06. The number of phenols is 1. The van der Waals surface area contributed by atoms with Crippen molar-refractivity contribution in [1.82, 2.24) is 25.9 Å². The van der Waals surface area contributed by atoms with Crippen LogP contribution in [0.1, 0.15) is 24.6 Å². The first-order valence-corrected chi connectivity index (χ1v) is 10.8. The molecule has 4 atom stereocenters. The van der Waals surface area contributed by atoms with Gasteiger partial charge in [-0.05, 0) is 24.6 Å². The van der Waals surface area contributed by atoms with Gasteiger partial charge in [0.15, 0.2) is 0 Å². The van der Waals surface area contributed by atoms with Crippen LogP contribution in [0.4, 0.5) is 0 Å². The molecule has 14 nitrogen and oxygen atoms in total. The molecule has 0 spiro atoms. The number of carboxylic acid groups (broad SMARTS) is 2. The maximum atomic E-state index is 13.0. The highest BCUT2D eigenvalue weighted by Gasteiger charge is 2.31. The lowest BCUT2D eigenvalue weighted by molar-refractivity contribution is -0.143. The standard InChI is InChI=1S/C22H28N6O8/c1-11(23)19(32)26-15(6-12-2-4-14(29)5-3-12)20(33)27-16(8-18(30)31)21(34)28-17(22(35)36)7-13-9-24-10-25-13/h2-5,9-11,15-17,29H,6-8,23H2,1H3,(H,24,25)(H,26,32)(H,27,33)(H,28,34)(H,30,31)(H,35,36). The van der Waals surface area contributed by atoms with E-state index in [4.69, 9.17) is 5.73 Å². The van der Waals surface area contributed by atoms with Gasteiger partial charge in [0.1, 0.15) is 23.9 Å². The highest BCUT2D eigenvalue weighted by atomic mass is 16.4. The van der Waals surface area contributed by atoms with Gasteiger partial charge in [-0.3, -0.25) is 19.2 Å². The molecule has 0 bridgehead atoms. The van der Waals surface area contributed by atoms with Crippen LogP contribution in [0, 0.1) is 0 Å². The number of H-pyrrole nitrogens is 1. The van der Waals surface area contributed by atoms with Crippen molar-refractivity contribution in [2.45, 2.75) is 50.4 Å². The lowest BCUT2D eigenvalue weighted by Crippen LogP contribution is -2.58. The fourth-order valence-corrected chi connectivity index (χ4v) is 3.13. The molecule has 2 rings (SSSR count). The zero-order valence-corrected chi connectivity index (χ0v) is 19.3. The number of nitrogens with two attached hydrogens (primary N) is 1. The van der Waals surface area contributed by atoms with Crippen LogP contribution in [0.3, 0.4) is 0 Å². The monoisotopic (exact) mass is 504 g/mol. The largest absolute Gasteiger partial charge is 0.508 e. The molecule has 4 unspecified atom stereocenters. The smallest absolute Gasteiger partial charge is 0.326 e. The fourth-order valence-electron chi connectivity index (χ4n) is 3.13. The first-order valence-electron chi connectivity index (χ1n) is 10.8. The minimum Gasteiger partial charge on any atom is -0.508 e. The number of nitrogens with one attached hydrogen (secondary N) is 4. The summed E-state index contributed by atoms with van der Waals surface area (Å²) in [5, 5.41) is 35.1. The van der Waals surface area contributed by atoms with E-state index in [-0.39, 0.29) is 18.6 Å². The summed E-state index contributed by atoms with van der Waals surface area (Å²) in [5.74, 6) is -5.42. The van der Waals surface area contributed by atoms with Gasteiger partial charge in [0, 0.05) is 24.7 Å². The molecular formula is C22H28N6O8. The van der Waals surface area contributed by atoms with Crippen LogP contribution in [0.15, 0.2) is 36.8 Å². The number of amides is 3. The maximum absolute atomic E-state index is 13.0. The summed E-state index contributed by atoms with van der Waals surface area (Å²) >= 11 is 0. The van der Waals surface area contributed by atoms with E-state index in [1.807, 2.05) is 0 Å². The van der Waals surface area contributed by atoms with Crippen molar-refractivity contribution in [2.24, 2.45) is 5.73 Å². The van der Waals surface area contributed by atoms with Crippen molar-refractivity contribution >= 4 is 29.7 Å². The third kappa shape index (κ3) is 8.72. The Morgan fingerprint density at radius 1 is 0.917 bits per heavy atom. The van der Waals surface area contributed by atoms with Crippen molar-refractivity contribution in [3.05, 3.63) is 48.0 Å². The second kappa shape index (κ2) is 12.9. The molecule has 1 aromatic carbocycles. The lowest BCUT2D eigenvalue weighted by Gasteiger charge is -2.24. The molecule has 0 radical (unpaired) electrons. The number of nitrogens with zero attached hydrogens (tertiary/aromatic N) is 1. The average molecular weight is 505 g/mol. The predicted octanol–water partition coefficient (Wildman–Crippen LogP) is -1.74. The molecule has 2 aromatic rings. The highest BCUT2D eigenvalue weighted by molar-refractivity contribution is 5.95. The normalized spacial score (nSPS) is 14.1. The number of aliphatic carboxylic acids is 2. The Kier molecular flexibility index (Phi) is 9.92. The molecule has 1 aromatic heterocycles. The van der Waals surface area contributed by atoms with Gasteiger partial charge in [0.05, 0.1) is 18.8 Å². The van der Waals surface area contributed by atoms with Crippen LogP contribution in [-0.2, 0) is 36.8 Å². The number of carbonyl (C=O) groups excluding carboxylic acids is 3. The molecule has 9 N–H and O–H groups in total. The number of hydrogen-bond acceptors (Lipinski definition) is 8. The number of aromatic hydroxyl groups is 1. The Labute approximate surface area is 205 Å². The zero-order chi connectivity index (χ0) is 26.8. The summed E-state index contributed by atoms with van der Waals surface area (Å²) < 4.78 is 0. The number of rotatable bonds is 13. The van der Waals surface area contributed by atoms with E-state index in [2.05, 4.69) is 25.9 Å². The summed E-state index contributed by atoms with van der Waals surface area (Å²) in [6.45, 7) is 1.40. The van der Waals surface area contributed by atoms with Crippen LogP contribution in [0.2, 0.25) is 0 Å². The van der Waals surface area contributed by atoms with Crippen LogP contribution in [0.25, 0.3) is 0 Å². The molecule has 0 aliphatic carbocycles. The summed E-state index contributed by atoms with van der Waals surface area (Å²) in [4.78, 5) is 67.4. The van der Waals surface area contributed by atoms with Gasteiger partial charge < -0.3 is 42.0 Å². The van der Waals surface area contributed by atoms with E-state index in [1.165, 1.54) is 43.7 Å². The Balaban J connectivity index is 2.20. The zero-order valence-electron chi connectivity index (χ0n) is 19.3. The SMILES string of the molecule is CC(N)C(=O)NC(Cc1ccc(O)cc1)C(=O)NC(CC(=O)O)C(=O)NC(Cc1cnc[nH]1)C(=O)O. The van der Waals surface area contributed by atoms with Gasteiger partial charge >= 0.3 is 11.9 Å². The molecule has 3 amide bonds. The number of imidazole rings is 1. The Bertz CT molecular complexity index is 1070. The third-order valence-electron chi connectivity index (χ3n) is 5.03. The maximum Gasteiger partial charge on any atom is 0.326 e. The Morgan fingerprint density at radius 3 is 2.03 bits per heavy atom. The van der Waals surface area contributed by atoms with Gasteiger partial charge in [-0.15, -0.1) is 0 Å². The average Bonchev–Trinajstić information content (AvgIpc) is 3.31. The fraction of sp³-hybridized carbons (Fsp3) is 0.364. The molecule has 36 heavy (non-hydrogen) atoms. The van der Waals surface area contributed by atoms with Crippen LogP contribution in [-0.4, -0.2) is 79.1 Å². The number of carboxylic acids is 2. The summed E-state index contributed by atoms with van der Waals surface area (Å²) in [6, 6.07) is 0.498. The van der Waals surface area contributed by atoms with Crippen LogP contribution >= 0.6 is 0 Å². The number of carbonyl (C=O) groups is 5. The van der Waals surface area contributed by atoms with Crippen molar-refractivity contribution in [3.8, 4) is 5.75 Å². The molecule has 0 aliphatic rings. The molecule has 14 heteroatoms. The summed E-state index contributed by atoms with van der Waals surface area (Å²) in [6.07, 6.45) is 1.62. The van der Waals surface area contributed by atoms with Crippen molar-refractivity contribution in [3.63, 3.8) is 0 Å². The van der Waals surface area contributed by atoms with Gasteiger partial charge in [-0.2, -0.15) is 0 Å². The van der Waals surface area contributed by atoms with E-state index < -0.39 is 60.2 Å². The molecule has 0 saturated heterocycles. The molecule has 0 fully saturated rings. The Morgan fingerprint density at radius 2 is 1.50 bits per heavy atom. The van der Waals surface area contributed by atoms with E-state index in [9.17, 15) is 39.3 Å². The topological polar surface area (TPSA) is 237 Å². The number of hydrogen-bond donors (Lipinski definition) is 8. The first-order chi connectivity index (χ1) is 17.0. The van der Waals surface area contributed by atoms with Crippen molar-refractivity contribution in [2.75, 3.05) is 0 Å². The quantitative estimate of drug-likeness (QED) is 0.153. The van der Waals surface area contributed by atoms with Crippen molar-refractivity contribution in [1.29, 1.82) is 0 Å². The third-order valence-corrected chi connectivity index (χ3v) is 5.03. The van der Waals surface area contributed by atoms with Gasteiger partial charge in [-0.25, -0.2) is 9.78 Å². The number of benzene rings is 1. The minimum absolute atomic E-state index is 0.0133. The number of aromatic amines is 1. The summed E-state index contributed by atoms with van der Waals surface area (Å²) in [7, 11) is 0. The molecule has 194 valence electrons. The minimum atomic E-state index is -1.65. The molecule has 0 aliphatic heterocycles. The second-order valence-electron chi connectivity index (χ2n) is 8.06. The number of aromatic nitrogens is 2. The molecule has 1 heterocycles. The molecular weight excluding hydrogens is 476 g/mol. The predicted molar refractivity (Wildman–Crippen MR) is 123 cm³/mol. The van der Waals surface area contributed by atoms with Gasteiger partial charge in [0.25, 0.3) is 0 Å². The van der Waals surface area contributed by atoms with Crippen molar-refractivity contribution < 1.29 is 39.3 Å². The van der Waals surface area contributed by atoms with Gasteiger partial charge in [-0.1, -0.05) is 12.1 Å². The lowest BCUT2D eigenvalue weighted by atomic mass is 10.0. The van der Waals surface area contributed by atoms with E-state index >= 15 is 0 Å². The van der Waals surface area contributed by atoms with Crippen LogP contribution in [0.5, 0.6) is 5.75 Å². The summed E-state index contributed by atoms with van der Waals surface area (Å²) in [5.41, 5.74) is 6.53. The van der Waals surface area contributed by atoms with E-state index in [0.717, 1.165) is 0 Å². The van der Waals surface area contributed by atoms with E-state index in [1.54, 1.807) is 0 Å². The Hall–Kier alpha value is -4.46. The first kappa shape index (κ1) is 27.8. The van der Waals surface area contributed by atoms with Crippen LogP contribution < -0.4 is 21.7 Å². The number of phenolic OH excluding ortho intramolecular Hbond substituents is 1. The van der Waals surface area contributed by atoms with Gasteiger partial charge in [0.2, 0.25) is 17.7 Å². The molecule has 0 saturated carbocycles. The van der Waals surface area contributed by atoms with E-state index in [0.29, 0.717) is 11.3 Å².